The molecule has 4 aromatic rings. The van der Waals surface area contributed by atoms with Crippen LogP contribution in [0.3, 0.4) is 0 Å². The van der Waals surface area contributed by atoms with Gasteiger partial charge in [-0.05, 0) is 94.2 Å². The number of fused-ring (bicyclic) bond motifs is 1. The molecule has 0 spiro atoms. The SMILES string of the molecule is CCOCCn1c(C(=O)C2CCN(CCC3(c4ccc(F)c(F)c4)CCN(C(=O)c4cc(OC)c(OC)c(OC)c4)C3)CC2)nc2ccccc21. The Hall–Kier alpha value is -4.55. The molecule has 272 valence electrons. The zero-order valence-electron chi connectivity index (χ0n) is 29.8. The van der Waals surface area contributed by atoms with Crippen LogP contribution in [0.4, 0.5) is 8.78 Å². The molecule has 3 aromatic carbocycles. The molecule has 51 heavy (non-hydrogen) atoms. The first-order valence-electron chi connectivity index (χ1n) is 17.6. The molecule has 2 aliphatic heterocycles. The number of para-hydroxylation sites is 2. The number of ketones is 1. The number of imidazole rings is 1. The van der Waals surface area contributed by atoms with Crippen molar-refractivity contribution in [3.05, 3.63) is 83.2 Å². The minimum Gasteiger partial charge on any atom is -0.493 e. The lowest BCUT2D eigenvalue weighted by molar-refractivity contribution is 0.0777. The van der Waals surface area contributed by atoms with Crippen LogP contribution >= 0.6 is 0 Å². The number of methoxy groups -OCH3 is 3. The van der Waals surface area contributed by atoms with Gasteiger partial charge < -0.3 is 33.3 Å². The molecule has 1 amide bonds. The number of piperidine rings is 1. The summed E-state index contributed by atoms with van der Waals surface area (Å²) in [5.74, 6) is -0.519. The number of hydrogen-bond acceptors (Lipinski definition) is 8. The Labute approximate surface area is 297 Å². The lowest BCUT2D eigenvalue weighted by Gasteiger charge is -2.36. The Morgan fingerprint density at radius 3 is 2.29 bits per heavy atom. The number of likely N-dealkylation sites (tertiary alicyclic amines) is 2. The van der Waals surface area contributed by atoms with Gasteiger partial charge in [-0.3, -0.25) is 9.59 Å². The van der Waals surface area contributed by atoms with Crippen LogP contribution in [0.25, 0.3) is 11.0 Å². The molecule has 0 N–H and O–H groups in total. The predicted molar refractivity (Wildman–Crippen MR) is 189 cm³/mol. The van der Waals surface area contributed by atoms with Crippen LogP contribution in [-0.2, 0) is 16.7 Å². The van der Waals surface area contributed by atoms with Crippen molar-refractivity contribution in [1.29, 1.82) is 0 Å². The van der Waals surface area contributed by atoms with E-state index in [-0.39, 0.29) is 17.6 Å². The van der Waals surface area contributed by atoms with Gasteiger partial charge in [-0.25, -0.2) is 13.8 Å². The molecule has 0 bridgehead atoms. The molecule has 2 saturated heterocycles. The normalized spacial score (nSPS) is 18.4. The average molecular weight is 705 g/mol. The van der Waals surface area contributed by atoms with E-state index in [1.165, 1.54) is 27.4 Å². The topological polar surface area (TPSA) is 95.4 Å². The van der Waals surface area contributed by atoms with E-state index in [1.54, 1.807) is 23.1 Å². The first kappa shape index (κ1) is 36.2. The number of benzene rings is 3. The van der Waals surface area contributed by atoms with Crippen molar-refractivity contribution >= 4 is 22.7 Å². The van der Waals surface area contributed by atoms with Gasteiger partial charge in [0.05, 0.1) is 39.0 Å². The van der Waals surface area contributed by atoms with Crippen LogP contribution in [0, 0.1) is 17.6 Å². The number of rotatable bonds is 14. The Bertz CT molecular complexity index is 1850. The number of amides is 1. The molecule has 2 aliphatic rings. The third-order valence-corrected chi connectivity index (χ3v) is 10.5. The second-order valence-electron chi connectivity index (χ2n) is 13.3. The van der Waals surface area contributed by atoms with Crippen molar-refractivity contribution in [3.63, 3.8) is 0 Å². The molecular formula is C39H46F2N4O6. The van der Waals surface area contributed by atoms with Crippen molar-refractivity contribution in [1.82, 2.24) is 19.4 Å². The van der Waals surface area contributed by atoms with Gasteiger partial charge in [-0.2, -0.15) is 0 Å². The van der Waals surface area contributed by atoms with E-state index in [0.29, 0.717) is 99.3 Å². The molecule has 1 unspecified atom stereocenters. The minimum atomic E-state index is -0.909. The third-order valence-electron chi connectivity index (χ3n) is 10.5. The fourth-order valence-corrected chi connectivity index (χ4v) is 7.61. The number of halogens is 2. The fourth-order valence-electron chi connectivity index (χ4n) is 7.61. The smallest absolute Gasteiger partial charge is 0.254 e. The number of hydrogen-bond donors (Lipinski definition) is 0. The lowest BCUT2D eigenvalue weighted by Crippen LogP contribution is -2.41. The van der Waals surface area contributed by atoms with Crippen LogP contribution in [0.5, 0.6) is 17.2 Å². The Morgan fingerprint density at radius 1 is 0.902 bits per heavy atom. The summed E-state index contributed by atoms with van der Waals surface area (Å²) in [6.07, 6.45) is 2.60. The summed E-state index contributed by atoms with van der Waals surface area (Å²) in [7, 11) is 4.49. The molecule has 12 heteroatoms. The minimum absolute atomic E-state index is 0.0531. The molecule has 1 atom stereocenters. The van der Waals surface area contributed by atoms with Gasteiger partial charge in [0.2, 0.25) is 11.5 Å². The number of nitrogens with zero attached hydrogens (tertiary/aromatic N) is 4. The van der Waals surface area contributed by atoms with Gasteiger partial charge in [0.15, 0.2) is 29.0 Å². The van der Waals surface area contributed by atoms with Gasteiger partial charge in [-0.1, -0.05) is 18.2 Å². The highest BCUT2D eigenvalue weighted by atomic mass is 19.2. The first-order chi connectivity index (χ1) is 24.7. The van der Waals surface area contributed by atoms with Crippen molar-refractivity contribution in [2.75, 3.05) is 67.3 Å². The van der Waals surface area contributed by atoms with E-state index in [1.807, 2.05) is 35.8 Å². The molecule has 10 nitrogen and oxygen atoms in total. The summed E-state index contributed by atoms with van der Waals surface area (Å²) in [6, 6.07) is 15.1. The fraction of sp³-hybridized carbons (Fsp3) is 0.462. The predicted octanol–water partition coefficient (Wildman–Crippen LogP) is 6.15. The van der Waals surface area contributed by atoms with Crippen LogP contribution in [0.15, 0.2) is 54.6 Å². The third kappa shape index (κ3) is 7.43. The highest BCUT2D eigenvalue weighted by Gasteiger charge is 2.42. The second-order valence-corrected chi connectivity index (χ2v) is 13.3. The molecule has 6 rings (SSSR count). The van der Waals surface area contributed by atoms with Crippen LogP contribution in [0.2, 0.25) is 0 Å². The summed E-state index contributed by atoms with van der Waals surface area (Å²) < 4.78 is 52.7. The molecule has 0 aliphatic carbocycles. The van der Waals surface area contributed by atoms with E-state index in [0.717, 1.165) is 30.2 Å². The first-order valence-corrected chi connectivity index (χ1v) is 17.6. The number of ether oxygens (including phenoxy) is 4. The molecule has 0 saturated carbocycles. The van der Waals surface area contributed by atoms with Gasteiger partial charge in [-0.15, -0.1) is 0 Å². The van der Waals surface area contributed by atoms with E-state index < -0.39 is 17.0 Å². The van der Waals surface area contributed by atoms with Crippen LogP contribution in [-0.4, -0.2) is 98.3 Å². The second kappa shape index (κ2) is 15.8. The van der Waals surface area contributed by atoms with Crippen molar-refractivity contribution in [2.45, 2.75) is 44.6 Å². The summed E-state index contributed by atoms with van der Waals surface area (Å²) in [5, 5.41) is 0. The molecule has 2 fully saturated rings. The van der Waals surface area contributed by atoms with E-state index in [4.69, 9.17) is 23.9 Å². The van der Waals surface area contributed by atoms with Crippen molar-refractivity contribution in [3.8, 4) is 17.2 Å². The maximum Gasteiger partial charge on any atom is 0.254 e. The highest BCUT2D eigenvalue weighted by Crippen LogP contribution is 2.42. The number of carbonyl (C=O) groups is 2. The number of carbonyl (C=O) groups excluding carboxylic acids is 2. The summed E-state index contributed by atoms with van der Waals surface area (Å²) in [4.78, 5) is 36.6. The van der Waals surface area contributed by atoms with Gasteiger partial charge in [0, 0.05) is 43.1 Å². The quantitative estimate of drug-likeness (QED) is 0.114. The van der Waals surface area contributed by atoms with Crippen molar-refractivity contribution < 1.29 is 37.3 Å². The Balaban J connectivity index is 1.16. The number of Topliss-reactive ketones (excluding diaryl/α,β-unsaturated/α-hetero) is 1. The zero-order chi connectivity index (χ0) is 36.1. The van der Waals surface area contributed by atoms with E-state index in [9.17, 15) is 18.4 Å². The Kier molecular flexibility index (Phi) is 11.2. The van der Waals surface area contributed by atoms with E-state index in [2.05, 4.69) is 4.90 Å². The standard InChI is InChI=1S/C39H46F2N4O6/c1-5-51-21-20-45-32-9-7-6-8-31(32)42-37(45)35(46)26-12-16-43(17-13-26)18-14-39(28-10-11-29(40)30(41)24-28)15-19-44(25-39)38(47)27-22-33(48-2)36(50-4)34(23-27)49-3/h6-11,22-24,26H,5,12-21,25H2,1-4H3. The zero-order valence-corrected chi connectivity index (χ0v) is 29.8. The molecule has 0 radical (unpaired) electrons. The summed E-state index contributed by atoms with van der Waals surface area (Å²) in [6.45, 7) is 6.50. The summed E-state index contributed by atoms with van der Waals surface area (Å²) >= 11 is 0. The van der Waals surface area contributed by atoms with Crippen LogP contribution in [0.1, 0.15) is 59.1 Å². The van der Waals surface area contributed by atoms with Crippen molar-refractivity contribution in [2.24, 2.45) is 5.92 Å². The Morgan fingerprint density at radius 2 is 1.63 bits per heavy atom. The van der Waals surface area contributed by atoms with Gasteiger partial charge >= 0.3 is 0 Å². The maximum absolute atomic E-state index is 14.6. The number of aromatic nitrogens is 2. The maximum atomic E-state index is 14.6. The van der Waals surface area contributed by atoms with E-state index >= 15 is 0 Å². The molecular weight excluding hydrogens is 658 g/mol. The van der Waals surface area contributed by atoms with Crippen LogP contribution < -0.4 is 14.2 Å². The van der Waals surface area contributed by atoms with Gasteiger partial charge in [0.1, 0.15) is 0 Å². The summed E-state index contributed by atoms with van der Waals surface area (Å²) in [5.41, 5.74) is 2.17. The van der Waals surface area contributed by atoms with Gasteiger partial charge in [0.25, 0.3) is 5.91 Å². The average Bonchev–Trinajstić information content (AvgIpc) is 3.77. The monoisotopic (exact) mass is 704 g/mol. The lowest BCUT2D eigenvalue weighted by atomic mass is 9.76. The largest absolute Gasteiger partial charge is 0.493 e. The molecule has 1 aromatic heterocycles. The highest BCUT2D eigenvalue weighted by molar-refractivity contribution is 5.98. The molecule has 3 heterocycles.